The first-order valence-corrected chi connectivity index (χ1v) is 5.90. The molecule has 0 fully saturated rings. The molecule has 6 heteroatoms. The number of hydrogen-bond donors (Lipinski definition) is 1. The number of rotatable bonds is 2. The predicted molar refractivity (Wildman–Crippen MR) is 65.8 cm³/mol. The summed E-state index contributed by atoms with van der Waals surface area (Å²) in [7, 11) is 0. The molecule has 3 rings (SSSR count). The first-order chi connectivity index (χ1) is 8.78. The van der Waals surface area contributed by atoms with Gasteiger partial charge in [0.1, 0.15) is 11.4 Å². The maximum Gasteiger partial charge on any atom is 0.240 e. The average molecular weight is 242 g/mol. The molecule has 2 aliphatic heterocycles. The summed E-state index contributed by atoms with van der Waals surface area (Å²) in [5.41, 5.74) is 9.82. The zero-order valence-corrected chi connectivity index (χ0v) is 9.92. The van der Waals surface area contributed by atoms with E-state index in [0.29, 0.717) is 6.42 Å². The summed E-state index contributed by atoms with van der Waals surface area (Å²) in [6.07, 6.45) is 1.37. The molecule has 2 aliphatic rings. The summed E-state index contributed by atoms with van der Waals surface area (Å²) in [6, 6.07) is 5.72. The summed E-state index contributed by atoms with van der Waals surface area (Å²) in [5.74, 6) is 0.133. The van der Waals surface area contributed by atoms with E-state index < -0.39 is 0 Å². The van der Waals surface area contributed by atoms with Crippen molar-refractivity contribution in [2.45, 2.75) is 19.8 Å². The van der Waals surface area contributed by atoms with Gasteiger partial charge in [0.05, 0.1) is 5.71 Å². The van der Waals surface area contributed by atoms with Crippen LogP contribution in [0.2, 0.25) is 0 Å². The Morgan fingerprint density at radius 3 is 3.11 bits per heavy atom. The van der Waals surface area contributed by atoms with Gasteiger partial charge >= 0.3 is 0 Å². The van der Waals surface area contributed by atoms with Crippen molar-refractivity contribution in [3.05, 3.63) is 23.8 Å². The molecule has 0 saturated heterocycles. The Hall–Kier alpha value is -2.24. The minimum absolute atomic E-state index is 0.0264. The third-order valence-corrected chi connectivity index (χ3v) is 3.19. The maximum atomic E-state index is 11.3. The van der Waals surface area contributed by atoms with Crippen molar-refractivity contribution < 1.29 is 4.79 Å². The lowest BCUT2D eigenvalue weighted by atomic mass is 9.90. The highest BCUT2D eigenvalue weighted by molar-refractivity contribution is 6.06. The normalized spacial score (nSPS) is 21.1. The van der Waals surface area contributed by atoms with E-state index in [1.807, 2.05) is 18.2 Å². The summed E-state index contributed by atoms with van der Waals surface area (Å²) in [6.45, 7) is 2.06. The first kappa shape index (κ1) is 10.9. The molecule has 0 aliphatic carbocycles. The molecule has 1 aromatic rings. The van der Waals surface area contributed by atoms with Crippen molar-refractivity contribution >= 4 is 23.0 Å². The molecular formula is C12H12N5O. The predicted octanol–water partition coefficient (Wildman–Crippen LogP) is 2.18. The van der Waals surface area contributed by atoms with Gasteiger partial charge in [0.25, 0.3) is 0 Å². The van der Waals surface area contributed by atoms with Crippen LogP contribution in [0.4, 0.5) is 11.4 Å². The van der Waals surface area contributed by atoms with Crippen LogP contribution in [-0.2, 0) is 4.79 Å². The lowest BCUT2D eigenvalue weighted by molar-refractivity contribution is -0.122. The highest BCUT2D eigenvalue weighted by Crippen LogP contribution is 2.32. The van der Waals surface area contributed by atoms with E-state index in [-0.39, 0.29) is 11.8 Å². The van der Waals surface area contributed by atoms with Gasteiger partial charge in [0.15, 0.2) is 0 Å². The molecule has 0 bridgehead atoms. The van der Waals surface area contributed by atoms with Gasteiger partial charge in [0.2, 0.25) is 5.91 Å². The molecule has 0 aromatic heterocycles. The van der Waals surface area contributed by atoms with Gasteiger partial charge in [-0.25, -0.2) is 5.43 Å². The molecule has 1 atom stereocenters. The van der Waals surface area contributed by atoms with E-state index in [4.69, 9.17) is 0 Å². The fraction of sp³-hybridized carbons (Fsp3) is 0.333. The van der Waals surface area contributed by atoms with E-state index in [9.17, 15) is 4.79 Å². The number of fused-ring (bicyclic) bond motifs is 1. The second-order valence-electron chi connectivity index (χ2n) is 4.33. The molecule has 18 heavy (non-hydrogen) atoms. The number of nitrogens with zero attached hydrogens (tertiary/aromatic N) is 4. The first-order valence-electron chi connectivity index (χ1n) is 5.90. The number of benzene rings is 1. The van der Waals surface area contributed by atoms with Gasteiger partial charge in [-0.3, -0.25) is 4.79 Å². The zero-order chi connectivity index (χ0) is 12.5. The number of carbonyl (C=O) groups excluding carboxylic acids is 1. The van der Waals surface area contributed by atoms with Crippen LogP contribution >= 0.6 is 0 Å². The SMILES string of the molecule is CCC1CC(=O)NN=C1c1ccc2c(c1)N=N[N]2. The standard InChI is InChI=1S/C12H12N5O/c1-2-7-6-11(18)15-16-12(7)8-3-4-9-10(5-8)14-17-13-9/h3-5,7H,2,6H2,1H3,(H,15,18). The molecule has 6 nitrogen and oxygen atoms in total. The lowest BCUT2D eigenvalue weighted by Crippen LogP contribution is -2.33. The van der Waals surface area contributed by atoms with Crippen molar-refractivity contribution in [1.29, 1.82) is 0 Å². The summed E-state index contributed by atoms with van der Waals surface area (Å²) in [4.78, 5) is 11.3. The van der Waals surface area contributed by atoms with Crippen LogP contribution in [0.15, 0.2) is 33.6 Å². The average Bonchev–Trinajstić information content (AvgIpc) is 2.85. The van der Waals surface area contributed by atoms with Crippen molar-refractivity contribution in [3.8, 4) is 0 Å². The fourth-order valence-corrected chi connectivity index (χ4v) is 2.18. The zero-order valence-electron chi connectivity index (χ0n) is 9.92. The van der Waals surface area contributed by atoms with Gasteiger partial charge in [-0.1, -0.05) is 13.0 Å². The molecule has 0 spiro atoms. The molecule has 1 amide bonds. The van der Waals surface area contributed by atoms with E-state index in [0.717, 1.165) is 29.1 Å². The van der Waals surface area contributed by atoms with Crippen LogP contribution < -0.4 is 10.9 Å². The highest BCUT2D eigenvalue weighted by atomic mass is 16.2. The Labute approximate surface area is 104 Å². The Balaban J connectivity index is 1.98. The molecule has 1 N–H and O–H groups in total. The van der Waals surface area contributed by atoms with Gasteiger partial charge in [-0.15, -0.1) is 10.5 Å². The van der Waals surface area contributed by atoms with E-state index in [2.05, 4.69) is 33.2 Å². The van der Waals surface area contributed by atoms with Crippen LogP contribution in [0.25, 0.3) is 0 Å². The van der Waals surface area contributed by atoms with Crippen LogP contribution in [0.5, 0.6) is 0 Å². The Bertz CT molecular complexity index is 564. The summed E-state index contributed by atoms with van der Waals surface area (Å²) in [5, 5.41) is 11.7. The minimum Gasteiger partial charge on any atom is -0.273 e. The molecule has 0 saturated carbocycles. The number of hydrazone groups is 1. The van der Waals surface area contributed by atoms with Crippen LogP contribution in [0, 0.1) is 5.92 Å². The Morgan fingerprint density at radius 2 is 2.28 bits per heavy atom. The summed E-state index contributed by atoms with van der Waals surface area (Å²) >= 11 is 0. The monoisotopic (exact) mass is 242 g/mol. The topological polar surface area (TPSA) is 80.3 Å². The fourth-order valence-electron chi connectivity index (χ4n) is 2.18. The van der Waals surface area contributed by atoms with E-state index >= 15 is 0 Å². The lowest BCUT2D eigenvalue weighted by Gasteiger charge is -2.21. The minimum atomic E-state index is -0.0264. The van der Waals surface area contributed by atoms with Crippen LogP contribution in [0.1, 0.15) is 25.3 Å². The number of hydrogen-bond acceptors (Lipinski definition) is 4. The van der Waals surface area contributed by atoms with Crippen LogP contribution in [-0.4, -0.2) is 11.6 Å². The maximum absolute atomic E-state index is 11.3. The van der Waals surface area contributed by atoms with E-state index in [1.54, 1.807) is 0 Å². The quantitative estimate of drug-likeness (QED) is 0.847. The number of carbonyl (C=O) groups is 1. The van der Waals surface area contributed by atoms with Gasteiger partial charge in [0, 0.05) is 17.9 Å². The molecular weight excluding hydrogens is 230 g/mol. The van der Waals surface area contributed by atoms with Crippen molar-refractivity contribution in [1.82, 2.24) is 10.9 Å². The van der Waals surface area contributed by atoms with Crippen molar-refractivity contribution in [2.75, 3.05) is 0 Å². The number of nitrogens with one attached hydrogen (secondary N) is 1. The summed E-state index contributed by atoms with van der Waals surface area (Å²) < 4.78 is 0. The molecule has 1 radical (unpaired) electrons. The van der Waals surface area contributed by atoms with Crippen molar-refractivity contribution in [3.63, 3.8) is 0 Å². The second-order valence-corrected chi connectivity index (χ2v) is 4.33. The van der Waals surface area contributed by atoms with Gasteiger partial charge in [-0.05, 0) is 23.8 Å². The van der Waals surface area contributed by atoms with Gasteiger partial charge < -0.3 is 0 Å². The number of amides is 1. The highest BCUT2D eigenvalue weighted by Gasteiger charge is 2.25. The Kier molecular flexibility index (Phi) is 2.55. The smallest absolute Gasteiger partial charge is 0.240 e. The Morgan fingerprint density at radius 1 is 1.39 bits per heavy atom. The third-order valence-electron chi connectivity index (χ3n) is 3.19. The third kappa shape index (κ3) is 1.75. The van der Waals surface area contributed by atoms with Crippen LogP contribution in [0.3, 0.4) is 0 Å². The molecule has 2 heterocycles. The second kappa shape index (κ2) is 4.21. The van der Waals surface area contributed by atoms with Gasteiger partial charge in [-0.2, -0.15) is 5.10 Å². The van der Waals surface area contributed by atoms with Crippen molar-refractivity contribution in [2.24, 2.45) is 21.4 Å². The largest absolute Gasteiger partial charge is 0.273 e. The van der Waals surface area contributed by atoms with E-state index in [1.165, 1.54) is 0 Å². The molecule has 1 aromatic carbocycles. The molecule has 91 valence electrons. The molecule has 1 unspecified atom stereocenters.